The van der Waals surface area contributed by atoms with Gasteiger partial charge in [0.05, 0.1) is 11.1 Å². The van der Waals surface area contributed by atoms with E-state index in [1.165, 1.54) is 22.2 Å². The predicted molar refractivity (Wildman–Crippen MR) is 100 cm³/mol. The van der Waals surface area contributed by atoms with Crippen molar-refractivity contribution in [2.75, 3.05) is 19.8 Å². The van der Waals surface area contributed by atoms with Gasteiger partial charge < -0.3 is 4.90 Å². The lowest BCUT2D eigenvalue weighted by Gasteiger charge is -2.17. The molecule has 1 aliphatic carbocycles. The summed E-state index contributed by atoms with van der Waals surface area (Å²) in [6, 6.07) is 0. The van der Waals surface area contributed by atoms with Crippen LogP contribution in [0.2, 0.25) is 0 Å². The molecule has 0 fully saturated rings. The molecule has 0 aromatic carbocycles. The molecule has 3 rings (SSSR count). The van der Waals surface area contributed by atoms with Gasteiger partial charge in [-0.05, 0) is 37.7 Å². The molecule has 0 bridgehead atoms. The number of thioether (sulfide) groups is 1. The van der Waals surface area contributed by atoms with Gasteiger partial charge in [0.25, 0.3) is 5.56 Å². The summed E-state index contributed by atoms with van der Waals surface area (Å²) in [6.45, 7) is 4.79. The fourth-order valence-corrected chi connectivity index (χ4v) is 5.51. The zero-order valence-corrected chi connectivity index (χ0v) is 16.2. The first kappa shape index (κ1) is 17.5. The number of fused-ring (bicyclic) bond motifs is 3. The van der Waals surface area contributed by atoms with Crippen molar-refractivity contribution in [2.24, 2.45) is 5.92 Å². The zero-order valence-electron chi connectivity index (χ0n) is 14.6. The molecular weight excluding hydrogens is 342 g/mol. The maximum atomic E-state index is 13.0. The highest BCUT2D eigenvalue weighted by atomic mass is 32.2. The molecular formula is C17H23N3O2S2. The third kappa shape index (κ3) is 3.11. The van der Waals surface area contributed by atoms with Crippen molar-refractivity contribution >= 4 is 39.2 Å². The second-order valence-electron chi connectivity index (χ2n) is 6.55. The van der Waals surface area contributed by atoms with E-state index in [9.17, 15) is 9.59 Å². The number of nitrogens with zero attached hydrogens (tertiary/aromatic N) is 3. The van der Waals surface area contributed by atoms with E-state index < -0.39 is 0 Å². The fraction of sp³-hybridized carbons (Fsp3) is 0.588. The van der Waals surface area contributed by atoms with Crippen molar-refractivity contribution in [1.29, 1.82) is 0 Å². The monoisotopic (exact) mass is 365 g/mol. The van der Waals surface area contributed by atoms with Crippen LogP contribution in [0.5, 0.6) is 0 Å². The lowest BCUT2D eigenvalue weighted by Crippen LogP contribution is -2.26. The van der Waals surface area contributed by atoms with E-state index in [4.69, 9.17) is 4.98 Å². The molecule has 1 amide bonds. The summed E-state index contributed by atoms with van der Waals surface area (Å²) in [5.74, 6) is 0.995. The quantitative estimate of drug-likeness (QED) is 0.618. The predicted octanol–water partition coefficient (Wildman–Crippen LogP) is 2.78. The van der Waals surface area contributed by atoms with Crippen LogP contribution in [0.15, 0.2) is 9.95 Å². The van der Waals surface area contributed by atoms with E-state index in [1.807, 2.05) is 6.92 Å². The molecule has 2 heterocycles. The molecule has 5 nitrogen and oxygen atoms in total. The number of thiophene rings is 1. The van der Waals surface area contributed by atoms with Gasteiger partial charge in [-0.1, -0.05) is 18.7 Å². The molecule has 0 saturated heterocycles. The SMILES string of the molecule is CCn1c(SCC(=O)N(C)C)nc2sc3c(c2c1=O)CCC(C)C3. The maximum absolute atomic E-state index is 13.0. The van der Waals surface area contributed by atoms with Gasteiger partial charge in [0, 0.05) is 25.5 Å². The van der Waals surface area contributed by atoms with Crippen LogP contribution in [0, 0.1) is 5.92 Å². The Morgan fingerprint density at radius 1 is 1.46 bits per heavy atom. The molecule has 0 spiro atoms. The smallest absolute Gasteiger partial charge is 0.263 e. The van der Waals surface area contributed by atoms with Gasteiger partial charge >= 0.3 is 0 Å². The van der Waals surface area contributed by atoms with E-state index >= 15 is 0 Å². The number of aryl methyl sites for hydroxylation is 1. The molecule has 130 valence electrons. The van der Waals surface area contributed by atoms with E-state index in [0.717, 1.165) is 29.5 Å². The lowest BCUT2D eigenvalue weighted by atomic mass is 9.89. The largest absolute Gasteiger partial charge is 0.348 e. The number of amides is 1. The third-order valence-corrected chi connectivity index (χ3v) is 6.63. The average molecular weight is 366 g/mol. The third-order valence-electron chi connectivity index (χ3n) is 4.52. The standard InChI is InChI=1S/C17H23N3O2S2/c1-5-20-16(22)14-11-7-6-10(2)8-12(11)24-15(14)18-17(20)23-9-13(21)19(3)4/h10H,5-9H2,1-4H3. The second-order valence-corrected chi connectivity index (χ2v) is 8.58. The minimum Gasteiger partial charge on any atom is -0.348 e. The van der Waals surface area contributed by atoms with Crippen LogP contribution in [-0.2, 0) is 24.2 Å². The van der Waals surface area contributed by atoms with Crippen molar-refractivity contribution < 1.29 is 4.79 Å². The molecule has 1 unspecified atom stereocenters. The normalized spacial score (nSPS) is 17.1. The summed E-state index contributed by atoms with van der Waals surface area (Å²) in [5.41, 5.74) is 1.27. The topological polar surface area (TPSA) is 55.2 Å². The first-order chi connectivity index (χ1) is 11.4. The molecule has 1 atom stereocenters. The highest BCUT2D eigenvalue weighted by Gasteiger charge is 2.24. The van der Waals surface area contributed by atoms with E-state index in [1.54, 1.807) is 34.9 Å². The maximum Gasteiger partial charge on any atom is 0.263 e. The Morgan fingerprint density at radius 2 is 2.21 bits per heavy atom. The van der Waals surface area contributed by atoms with Crippen LogP contribution in [0.1, 0.15) is 30.7 Å². The average Bonchev–Trinajstić information content (AvgIpc) is 2.89. The Labute approximate surface area is 150 Å². The highest BCUT2D eigenvalue weighted by molar-refractivity contribution is 7.99. The van der Waals surface area contributed by atoms with Gasteiger partial charge in [0.15, 0.2) is 5.16 Å². The second kappa shape index (κ2) is 6.88. The van der Waals surface area contributed by atoms with Gasteiger partial charge in [-0.3, -0.25) is 14.2 Å². The van der Waals surface area contributed by atoms with Crippen LogP contribution in [0.4, 0.5) is 0 Å². The Morgan fingerprint density at radius 3 is 2.88 bits per heavy atom. The van der Waals surface area contributed by atoms with Gasteiger partial charge in [0.2, 0.25) is 5.91 Å². The summed E-state index contributed by atoms with van der Waals surface area (Å²) in [4.78, 5) is 33.3. The summed E-state index contributed by atoms with van der Waals surface area (Å²) < 4.78 is 1.71. The summed E-state index contributed by atoms with van der Waals surface area (Å²) >= 11 is 3.01. The summed E-state index contributed by atoms with van der Waals surface area (Å²) in [5, 5.41) is 1.46. The lowest BCUT2D eigenvalue weighted by molar-refractivity contribution is -0.125. The minimum atomic E-state index is 0.0243. The number of rotatable bonds is 4. The Hall–Kier alpha value is -1.34. The van der Waals surface area contributed by atoms with E-state index in [0.29, 0.717) is 23.4 Å². The van der Waals surface area contributed by atoms with Crippen molar-refractivity contribution in [1.82, 2.24) is 14.5 Å². The number of carbonyl (C=O) groups is 1. The summed E-state index contributed by atoms with van der Waals surface area (Å²) in [7, 11) is 3.47. The number of hydrogen-bond donors (Lipinski definition) is 0. The van der Waals surface area contributed by atoms with Crippen molar-refractivity contribution in [3.63, 3.8) is 0 Å². The zero-order chi connectivity index (χ0) is 17.4. The van der Waals surface area contributed by atoms with Crippen molar-refractivity contribution in [3.8, 4) is 0 Å². The number of aromatic nitrogens is 2. The molecule has 7 heteroatoms. The molecule has 0 saturated carbocycles. The molecule has 0 radical (unpaired) electrons. The highest BCUT2D eigenvalue weighted by Crippen LogP contribution is 2.36. The van der Waals surface area contributed by atoms with Crippen LogP contribution < -0.4 is 5.56 Å². The number of carbonyl (C=O) groups excluding carboxylic acids is 1. The van der Waals surface area contributed by atoms with Crippen molar-refractivity contribution in [3.05, 3.63) is 20.8 Å². The Kier molecular flexibility index (Phi) is 5.01. The molecule has 1 aliphatic rings. The molecule has 24 heavy (non-hydrogen) atoms. The van der Waals surface area contributed by atoms with E-state index in [2.05, 4.69) is 6.92 Å². The number of hydrogen-bond acceptors (Lipinski definition) is 5. The Bertz CT molecular complexity index is 838. The fourth-order valence-electron chi connectivity index (χ4n) is 3.05. The first-order valence-corrected chi connectivity index (χ1v) is 10.1. The molecule has 0 N–H and O–H groups in total. The summed E-state index contributed by atoms with van der Waals surface area (Å²) in [6.07, 6.45) is 3.16. The van der Waals surface area contributed by atoms with Gasteiger partial charge in [-0.25, -0.2) is 4.98 Å². The molecule has 0 aliphatic heterocycles. The van der Waals surface area contributed by atoms with Crippen LogP contribution in [0.25, 0.3) is 10.2 Å². The molecule has 2 aromatic heterocycles. The Balaban J connectivity index is 2.05. The first-order valence-electron chi connectivity index (χ1n) is 8.30. The van der Waals surface area contributed by atoms with Gasteiger partial charge in [0.1, 0.15) is 4.83 Å². The van der Waals surface area contributed by atoms with Crippen molar-refractivity contribution in [2.45, 2.75) is 44.8 Å². The van der Waals surface area contributed by atoms with E-state index in [-0.39, 0.29) is 11.5 Å². The van der Waals surface area contributed by atoms with Crippen LogP contribution in [0.3, 0.4) is 0 Å². The van der Waals surface area contributed by atoms with Crippen LogP contribution >= 0.6 is 23.1 Å². The van der Waals surface area contributed by atoms with Gasteiger partial charge in [-0.2, -0.15) is 0 Å². The minimum absolute atomic E-state index is 0.0243. The van der Waals surface area contributed by atoms with Crippen LogP contribution in [-0.4, -0.2) is 40.2 Å². The molecule has 2 aromatic rings. The van der Waals surface area contributed by atoms with Gasteiger partial charge in [-0.15, -0.1) is 11.3 Å².